The molecule has 4 heteroatoms. The second-order valence-corrected chi connectivity index (χ2v) is 8.19. The maximum Gasteiger partial charge on any atom is 0.144 e. The first-order valence-electron chi connectivity index (χ1n) is 5.92. The number of halogens is 1. The number of nitrogens with zero attached hydrogens (tertiary/aromatic N) is 1. The fourth-order valence-electron chi connectivity index (χ4n) is 1.82. The van der Waals surface area contributed by atoms with Gasteiger partial charge in [-0.3, -0.25) is 0 Å². The van der Waals surface area contributed by atoms with Crippen LogP contribution in [0.3, 0.4) is 0 Å². The lowest BCUT2D eigenvalue weighted by Gasteiger charge is -2.31. The summed E-state index contributed by atoms with van der Waals surface area (Å²) in [5.74, 6) is 0. The smallest absolute Gasteiger partial charge is 0.144 e. The van der Waals surface area contributed by atoms with Gasteiger partial charge in [0, 0.05) is 5.71 Å². The first-order chi connectivity index (χ1) is 7.26. The molecular formula is C12H22ClNOS. The van der Waals surface area contributed by atoms with Crippen molar-refractivity contribution in [2.45, 2.75) is 69.4 Å². The molecule has 94 valence electrons. The predicted octanol–water partition coefficient (Wildman–Crippen LogP) is 3.85. The molecule has 1 aliphatic carbocycles. The van der Waals surface area contributed by atoms with Crippen molar-refractivity contribution >= 4 is 28.3 Å². The van der Waals surface area contributed by atoms with E-state index < -0.39 is 11.0 Å². The molecule has 0 aliphatic heterocycles. The van der Waals surface area contributed by atoms with E-state index in [2.05, 4.69) is 4.40 Å². The number of hydrogen-bond donors (Lipinski definition) is 0. The van der Waals surface area contributed by atoms with E-state index in [1.807, 2.05) is 27.7 Å². The van der Waals surface area contributed by atoms with Gasteiger partial charge in [0.2, 0.25) is 0 Å². The van der Waals surface area contributed by atoms with Crippen LogP contribution in [0.25, 0.3) is 0 Å². The Kier molecular flexibility index (Phi) is 4.58. The average molecular weight is 264 g/mol. The molecule has 0 radical (unpaired) electrons. The zero-order valence-electron chi connectivity index (χ0n) is 10.7. The summed E-state index contributed by atoms with van der Waals surface area (Å²) in [5.41, 5.74) is 0.849. The van der Waals surface area contributed by atoms with Gasteiger partial charge in [-0.1, -0.05) is 19.3 Å². The summed E-state index contributed by atoms with van der Waals surface area (Å²) in [6.07, 6.45) is 5.48. The van der Waals surface area contributed by atoms with Crippen molar-refractivity contribution in [2.24, 2.45) is 4.40 Å². The third-order valence-electron chi connectivity index (χ3n) is 3.04. The SMILES string of the molecule is C/C(=N\S(=O)C(C)(C)C)C1(Cl)CCCCC1. The van der Waals surface area contributed by atoms with Crippen LogP contribution in [0, 0.1) is 0 Å². The lowest BCUT2D eigenvalue weighted by Crippen LogP contribution is -2.34. The molecule has 0 amide bonds. The molecule has 2 nitrogen and oxygen atoms in total. The number of rotatable bonds is 2. The van der Waals surface area contributed by atoms with E-state index in [1.54, 1.807) is 0 Å². The molecule has 0 N–H and O–H groups in total. The number of alkyl halides is 1. The Morgan fingerprint density at radius 3 is 2.19 bits per heavy atom. The second kappa shape index (κ2) is 5.18. The Bertz CT molecular complexity index is 301. The van der Waals surface area contributed by atoms with Gasteiger partial charge in [0.15, 0.2) is 0 Å². The zero-order valence-corrected chi connectivity index (χ0v) is 12.2. The lowest BCUT2D eigenvalue weighted by molar-refractivity contribution is 0.463. The zero-order chi connectivity index (χ0) is 12.4. The fraction of sp³-hybridized carbons (Fsp3) is 0.917. The third kappa shape index (κ3) is 3.56. The van der Waals surface area contributed by atoms with Crippen molar-refractivity contribution in [3.05, 3.63) is 0 Å². The Morgan fingerprint density at radius 1 is 1.25 bits per heavy atom. The molecule has 1 aliphatic rings. The Hall–Kier alpha value is 0.110. The minimum absolute atomic E-state index is 0.302. The highest BCUT2D eigenvalue weighted by Crippen LogP contribution is 2.35. The van der Waals surface area contributed by atoms with Crippen molar-refractivity contribution in [3.63, 3.8) is 0 Å². The van der Waals surface area contributed by atoms with Crippen LogP contribution >= 0.6 is 11.6 Å². The molecule has 0 bridgehead atoms. The van der Waals surface area contributed by atoms with E-state index in [1.165, 1.54) is 6.42 Å². The molecule has 0 saturated heterocycles. The van der Waals surface area contributed by atoms with Crippen LogP contribution in [-0.4, -0.2) is 19.5 Å². The highest BCUT2D eigenvalue weighted by atomic mass is 35.5. The quantitative estimate of drug-likeness (QED) is 0.550. The molecule has 1 fully saturated rings. The first kappa shape index (κ1) is 14.2. The Balaban J connectivity index is 2.79. The fourth-order valence-corrected chi connectivity index (χ4v) is 2.87. The van der Waals surface area contributed by atoms with Gasteiger partial charge in [0.05, 0.1) is 9.62 Å². The average Bonchev–Trinajstić information content (AvgIpc) is 2.17. The molecule has 1 atom stereocenters. The largest absolute Gasteiger partial charge is 0.234 e. The maximum atomic E-state index is 11.9. The van der Waals surface area contributed by atoms with E-state index in [4.69, 9.17) is 11.6 Å². The first-order valence-corrected chi connectivity index (χ1v) is 7.41. The Labute approximate surface area is 106 Å². The van der Waals surface area contributed by atoms with Gasteiger partial charge in [0.25, 0.3) is 0 Å². The molecule has 0 aromatic heterocycles. The van der Waals surface area contributed by atoms with Gasteiger partial charge in [-0.05, 0) is 40.5 Å². The summed E-state index contributed by atoms with van der Waals surface area (Å²) in [6, 6.07) is 0. The van der Waals surface area contributed by atoms with Crippen molar-refractivity contribution < 1.29 is 4.21 Å². The van der Waals surface area contributed by atoms with Crippen LogP contribution in [-0.2, 0) is 11.0 Å². The summed E-state index contributed by atoms with van der Waals surface area (Å²) < 4.78 is 15.9. The highest BCUT2D eigenvalue weighted by Gasteiger charge is 2.33. The van der Waals surface area contributed by atoms with Crippen LogP contribution < -0.4 is 0 Å². The van der Waals surface area contributed by atoms with E-state index in [-0.39, 0.29) is 9.62 Å². The van der Waals surface area contributed by atoms with Gasteiger partial charge >= 0.3 is 0 Å². The molecule has 1 unspecified atom stereocenters. The van der Waals surface area contributed by atoms with E-state index in [0.29, 0.717) is 0 Å². The van der Waals surface area contributed by atoms with Gasteiger partial charge < -0.3 is 0 Å². The van der Waals surface area contributed by atoms with Gasteiger partial charge in [0.1, 0.15) is 11.0 Å². The summed E-state index contributed by atoms with van der Waals surface area (Å²) in [4.78, 5) is -0.334. The monoisotopic (exact) mass is 263 g/mol. The molecule has 0 aromatic rings. The molecule has 0 heterocycles. The van der Waals surface area contributed by atoms with Crippen LogP contribution in [0.15, 0.2) is 4.40 Å². The van der Waals surface area contributed by atoms with Gasteiger partial charge in [-0.25, -0.2) is 4.21 Å². The third-order valence-corrected chi connectivity index (χ3v) is 5.18. The molecular weight excluding hydrogens is 242 g/mol. The summed E-state index contributed by atoms with van der Waals surface area (Å²) in [6.45, 7) is 7.72. The van der Waals surface area contributed by atoms with E-state index in [9.17, 15) is 4.21 Å². The van der Waals surface area contributed by atoms with Gasteiger partial charge in [-0.15, -0.1) is 11.6 Å². The second-order valence-electron chi connectivity index (χ2n) is 5.56. The highest BCUT2D eigenvalue weighted by molar-refractivity contribution is 7.85. The lowest BCUT2D eigenvalue weighted by atomic mass is 9.85. The van der Waals surface area contributed by atoms with E-state index in [0.717, 1.165) is 31.4 Å². The summed E-state index contributed by atoms with van der Waals surface area (Å²) in [5, 5.41) is 0. The van der Waals surface area contributed by atoms with E-state index >= 15 is 0 Å². The standard InChI is InChI=1S/C12H22ClNOS/c1-10(14-16(15)11(2,3)4)12(13)8-6-5-7-9-12/h5-9H2,1-4H3/b14-10+. The normalized spacial score (nSPS) is 24.2. The van der Waals surface area contributed by atoms with Crippen molar-refractivity contribution in [3.8, 4) is 0 Å². The topological polar surface area (TPSA) is 29.4 Å². The van der Waals surface area contributed by atoms with Crippen LogP contribution in [0.5, 0.6) is 0 Å². The van der Waals surface area contributed by atoms with Crippen LogP contribution in [0.1, 0.15) is 59.8 Å². The minimum Gasteiger partial charge on any atom is -0.234 e. The summed E-state index contributed by atoms with van der Waals surface area (Å²) in [7, 11) is -1.19. The molecule has 0 aromatic carbocycles. The maximum absolute atomic E-state index is 11.9. The predicted molar refractivity (Wildman–Crippen MR) is 72.7 cm³/mol. The number of hydrogen-bond acceptors (Lipinski definition) is 1. The van der Waals surface area contributed by atoms with Crippen molar-refractivity contribution in [2.75, 3.05) is 0 Å². The Morgan fingerprint density at radius 2 is 1.75 bits per heavy atom. The van der Waals surface area contributed by atoms with Gasteiger partial charge in [-0.2, -0.15) is 4.40 Å². The minimum atomic E-state index is -1.19. The molecule has 16 heavy (non-hydrogen) atoms. The molecule has 1 saturated carbocycles. The van der Waals surface area contributed by atoms with Crippen molar-refractivity contribution in [1.29, 1.82) is 0 Å². The van der Waals surface area contributed by atoms with Crippen LogP contribution in [0.2, 0.25) is 0 Å². The van der Waals surface area contributed by atoms with Crippen molar-refractivity contribution in [1.82, 2.24) is 0 Å². The summed E-state index contributed by atoms with van der Waals surface area (Å²) >= 11 is 6.55. The molecule has 0 spiro atoms. The van der Waals surface area contributed by atoms with Crippen LogP contribution in [0.4, 0.5) is 0 Å². The molecule has 1 rings (SSSR count).